The van der Waals surface area contributed by atoms with E-state index in [1.807, 2.05) is 0 Å². The van der Waals surface area contributed by atoms with Crippen molar-refractivity contribution in [3.8, 4) is 0 Å². The summed E-state index contributed by atoms with van der Waals surface area (Å²) in [5.74, 6) is -0.834. The average molecular weight is 241 g/mol. The normalized spacial score (nSPS) is 24.2. The SMILES string of the molecule is OC1CCCC1CNCc1cc(F)cc(F)c1. The molecule has 1 aromatic rings. The van der Waals surface area contributed by atoms with Crippen LogP contribution in [0.1, 0.15) is 24.8 Å². The fraction of sp³-hybridized carbons (Fsp3) is 0.538. The molecule has 0 heterocycles. The lowest BCUT2D eigenvalue weighted by Gasteiger charge is -2.15. The molecule has 0 amide bonds. The molecule has 1 saturated carbocycles. The first-order valence-corrected chi connectivity index (χ1v) is 5.99. The molecule has 0 bridgehead atoms. The molecule has 0 spiro atoms. The first-order chi connectivity index (χ1) is 8.15. The van der Waals surface area contributed by atoms with Crippen molar-refractivity contribution in [3.05, 3.63) is 35.4 Å². The molecule has 4 heteroatoms. The zero-order valence-electron chi connectivity index (χ0n) is 9.63. The Bertz CT molecular complexity index is 363. The lowest BCUT2D eigenvalue weighted by atomic mass is 10.1. The summed E-state index contributed by atoms with van der Waals surface area (Å²) in [7, 11) is 0. The van der Waals surface area contributed by atoms with Gasteiger partial charge in [-0.05, 0) is 36.5 Å². The molecule has 2 atom stereocenters. The first-order valence-electron chi connectivity index (χ1n) is 5.99. The molecule has 0 radical (unpaired) electrons. The summed E-state index contributed by atoms with van der Waals surface area (Å²) in [5, 5.41) is 12.7. The van der Waals surface area contributed by atoms with Gasteiger partial charge in [-0.1, -0.05) is 6.42 Å². The molecule has 0 aliphatic heterocycles. The number of hydrogen-bond donors (Lipinski definition) is 2. The monoisotopic (exact) mass is 241 g/mol. The molecule has 0 saturated heterocycles. The Kier molecular flexibility index (Phi) is 4.07. The van der Waals surface area contributed by atoms with Gasteiger partial charge in [-0.25, -0.2) is 8.78 Å². The highest BCUT2D eigenvalue weighted by atomic mass is 19.1. The summed E-state index contributed by atoms with van der Waals surface area (Å²) in [6.07, 6.45) is 2.71. The van der Waals surface area contributed by atoms with Crippen LogP contribution in [0.2, 0.25) is 0 Å². The maximum absolute atomic E-state index is 12.9. The second kappa shape index (κ2) is 5.56. The van der Waals surface area contributed by atoms with Crippen molar-refractivity contribution >= 4 is 0 Å². The van der Waals surface area contributed by atoms with Crippen LogP contribution >= 0.6 is 0 Å². The standard InChI is InChI=1S/C13H17F2NO/c14-11-4-9(5-12(15)6-11)7-16-8-10-2-1-3-13(10)17/h4-6,10,13,16-17H,1-3,7-8H2. The van der Waals surface area contributed by atoms with Crippen LogP contribution < -0.4 is 5.32 Å². The molecule has 17 heavy (non-hydrogen) atoms. The lowest BCUT2D eigenvalue weighted by molar-refractivity contribution is 0.131. The summed E-state index contributed by atoms with van der Waals surface area (Å²) in [6.45, 7) is 1.12. The number of benzene rings is 1. The molecular formula is C13H17F2NO. The maximum atomic E-state index is 12.9. The Morgan fingerprint density at radius 3 is 2.47 bits per heavy atom. The minimum Gasteiger partial charge on any atom is -0.393 e. The molecule has 1 aliphatic rings. The van der Waals surface area contributed by atoms with Crippen molar-refractivity contribution in [2.45, 2.75) is 31.9 Å². The molecule has 2 N–H and O–H groups in total. The Balaban J connectivity index is 1.81. The van der Waals surface area contributed by atoms with Crippen LogP contribution in [0.15, 0.2) is 18.2 Å². The lowest BCUT2D eigenvalue weighted by Crippen LogP contribution is -2.27. The van der Waals surface area contributed by atoms with E-state index in [9.17, 15) is 13.9 Å². The van der Waals surface area contributed by atoms with Gasteiger partial charge in [0.25, 0.3) is 0 Å². The van der Waals surface area contributed by atoms with Crippen molar-refractivity contribution in [3.63, 3.8) is 0 Å². The minimum atomic E-state index is -0.553. The van der Waals surface area contributed by atoms with E-state index in [1.54, 1.807) is 0 Å². The van der Waals surface area contributed by atoms with Crippen molar-refractivity contribution in [1.29, 1.82) is 0 Å². The van der Waals surface area contributed by atoms with E-state index in [1.165, 1.54) is 12.1 Å². The number of aliphatic hydroxyl groups excluding tert-OH is 1. The number of halogens is 2. The molecule has 1 aliphatic carbocycles. The van der Waals surface area contributed by atoms with E-state index < -0.39 is 11.6 Å². The first kappa shape index (κ1) is 12.5. The van der Waals surface area contributed by atoms with E-state index in [2.05, 4.69) is 5.32 Å². The van der Waals surface area contributed by atoms with E-state index in [0.717, 1.165) is 25.3 Å². The van der Waals surface area contributed by atoms with Crippen molar-refractivity contribution in [2.24, 2.45) is 5.92 Å². The van der Waals surface area contributed by atoms with Gasteiger partial charge in [0.05, 0.1) is 6.10 Å². The molecule has 2 unspecified atom stereocenters. The summed E-state index contributed by atoms with van der Waals surface area (Å²) in [6, 6.07) is 3.51. The van der Waals surface area contributed by atoms with Crippen LogP contribution in [0.4, 0.5) is 8.78 Å². The van der Waals surface area contributed by atoms with E-state index >= 15 is 0 Å². The van der Waals surface area contributed by atoms with Crippen molar-refractivity contribution in [2.75, 3.05) is 6.54 Å². The smallest absolute Gasteiger partial charge is 0.126 e. The van der Waals surface area contributed by atoms with Gasteiger partial charge in [0.15, 0.2) is 0 Å². The Morgan fingerprint density at radius 2 is 1.88 bits per heavy atom. The molecule has 2 rings (SSSR count). The number of rotatable bonds is 4. The average Bonchev–Trinajstić information content (AvgIpc) is 2.63. The molecule has 2 nitrogen and oxygen atoms in total. The van der Waals surface area contributed by atoms with Crippen molar-refractivity contribution in [1.82, 2.24) is 5.32 Å². The minimum absolute atomic E-state index is 0.230. The van der Waals surface area contributed by atoms with Gasteiger partial charge in [0, 0.05) is 19.2 Å². The Labute approximate surface area is 99.7 Å². The molecule has 0 aromatic heterocycles. The topological polar surface area (TPSA) is 32.3 Å². The van der Waals surface area contributed by atoms with Crippen LogP contribution in [0.3, 0.4) is 0 Å². The van der Waals surface area contributed by atoms with Gasteiger partial charge < -0.3 is 10.4 Å². The van der Waals surface area contributed by atoms with Gasteiger partial charge in [-0.2, -0.15) is 0 Å². The van der Waals surface area contributed by atoms with Crippen LogP contribution in [0.5, 0.6) is 0 Å². The third-order valence-electron chi connectivity index (χ3n) is 3.28. The highest BCUT2D eigenvalue weighted by Crippen LogP contribution is 2.24. The van der Waals surface area contributed by atoms with Gasteiger partial charge >= 0.3 is 0 Å². The number of hydrogen-bond acceptors (Lipinski definition) is 2. The zero-order chi connectivity index (χ0) is 12.3. The molecule has 1 aromatic carbocycles. The second-order valence-corrected chi connectivity index (χ2v) is 4.67. The highest BCUT2D eigenvalue weighted by Gasteiger charge is 2.24. The highest BCUT2D eigenvalue weighted by molar-refractivity contribution is 5.17. The largest absolute Gasteiger partial charge is 0.393 e. The van der Waals surface area contributed by atoms with E-state index in [0.29, 0.717) is 18.7 Å². The fourth-order valence-corrected chi connectivity index (χ4v) is 2.37. The Hall–Kier alpha value is -1.00. The third-order valence-corrected chi connectivity index (χ3v) is 3.28. The van der Waals surface area contributed by atoms with Gasteiger partial charge in [-0.3, -0.25) is 0 Å². The third kappa shape index (κ3) is 3.48. The zero-order valence-corrected chi connectivity index (χ0v) is 9.63. The Morgan fingerprint density at radius 1 is 1.18 bits per heavy atom. The van der Waals surface area contributed by atoms with Gasteiger partial charge in [0.1, 0.15) is 11.6 Å². The molecule has 94 valence electrons. The van der Waals surface area contributed by atoms with Crippen LogP contribution in [-0.2, 0) is 6.54 Å². The summed E-state index contributed by atoms with van der Waals surface area (Å²) < 4.78 is 25.8. The predicted molar refractivity (Wildman–Crippen MR) is 61.4 cm³/mol. The van der Waals surface area contributed by atoms with Crippen molar-refractivity contribution < 1.29 is 13.9 Å². The van der Waals surface area contributed by atoms with E-state index in [-0.39, 0.29) is 12.0 Å². The van der Waals surface area contributed by atoms with Gasteiger partial charge in [-0.15, -0.1) is 0 Å². The maximum Gasteiger partial charge on any atom is 0.126 e. The summed E-state index contributed by atoms with van der Waals surface area (Å²) in [4.78, 5) is 0. The van der Waals surface area contributed by atoms with Crippen LogP contribution in [0, 0.1) is 17.6 Å². The number of nitrogens with one attached hydrogen (secondary N) is 1. The van der Waals surface area contributed by atoms with Crippen LogP contribution in [0.25, 0.3) is 0 Å². The quantitative estimate of drug-likeness (QED) is 0.847. The second-order valence-electron chi connectivity index (χ2n) is 4.67. The van der Waals surface area contributed by atoms with E-state index in [4.69, 9.17) is 0 Å². The summed E-state index contributed by atoms with van der Waals surface area (Å²) in [5.41, 5.74) is 0.593. The number of aliphatic hydroxyl groups is 1. The summed E-state index contributed by atoms with van der Waals surface area (Å²) >= 11 is 0. The fourth-order valence-electron chi connectivity index (χ4n) is 2.37. The van der Waals surface area contributed by atoms with Crippen LogP contribution in [-0.4, -0.2) is 17.8 Å². The predicted octanol–water partition coefficient (Wildman–Crippen LogP) is 2.22. The molecule has 1 fully saturated rings. The van der Waals surface area contributed by atoms with Gasteiger partial charge in [0.2, 0.25) is 0 Å². The molecular weight excluding hydrogens is 224 g/mol.